The first-order valence-corrected chi connectivity index (χ1v) is 9.81. The van der Waals surface area contributed by atoms with Gasteiger partial charge in [-0.1, -0.05) is 42.1 Å². The van der Waals surface area contributed by atoms with Crippen LogP contribution in [0.3, 0.4) is 0 Å². The highest BCUT2D eigenvalue weighted by Gasteiger charge is 2.13. The summed E-state index contributed by atoms with van der Waals surface area (Å²) in [6, 6.07) is 15.6. The highest BCUT2D eigenvalue weighted by atomic mass is 32.2. The Balaban J connectivity index is 1.77. The van der Waals surface area contributed by atoms with E-state index in [4.69, 9.17) is 4.74 Å². The topological polar surface area (TPSA) is 72.5 Å². The fourth-order valence-electron chi connectivity index (χ4n) is 1.99. The molecule has 0 atom stereocenters. The smallest absolute Gasteiger partial charge is 0.240 e. The Morgan fingerprint density at radius 2 is 1.75 bits per heavy atom. The molecule has 0 amide bonds. The van der Waals surface area contributed by atoms with Crippen molar-refractivity contribution in [2.75, 3.05) is 19.4 Å². The molecule has 0 radical (unpaired) electrons. The Kier molecular flexibility index (Phi) is 6.84. The summed E-state index contributed by atoms with van der Waals surface area (Å²) in [4.78, 5) is 12.0. The van der Waals surface area contributed by atoms with E-state index in [0.717, 1.165) is 17.3 Å². The van der Waals surface area contributed by atoms with E-state index in [2.05, 4.69) is 4.72 Å². The van der Waals surface area contributed by atoms with Gasteiger partial charge in [0, 0.05) is 18.7 Å². The Bertz CT molecular complexity index is 759. The molecular weight excluding hydrogens is 346 g/mol. The van der Waals surface area contributed by atoms with Crippen molar-refractivity contribution in [1.29, 1.82) is 0 Å². The van der Waals surface area contributed by atoms with Gasteiger partial charge in [0.15, 0.2) is 5.12 Å². The second-order valence-corrected chi connectivity index (χ2v) is 7.88. The number of rotatable bonds is 8. The lowest BCUT2D eigenvalue weighted by Gasteiger charge is -2.07. The quantitative estimate of drug-likeness (QED) is 0.728. The molecule has 128 valence electrons. The van der Waals surface area contributed by atoms with Crippen LogP contribution in [0, 0.1) is 0 Å². The van der Waals surface area contributed by atoms with E-state index in [1.54, 1.807) is 12.1 Å². The number of hydrogen-bond donors (Lipinski definition) is 1. The molecule has 0 unspecified atom stereocenters. The maximum Gasteiger partial charge on any atom is 0.240 e. The van der Waals surface area contributed by atoms with Gasteiger partial charge < -0.3 is 4.74 Å². The van der Waals surface area contributed by atoms with E-state index in [9.17, 15) is 13.2 Å². The van der Waals surface area contributed by atoms with Crippen molar-refractivity contribution < 1.29 is 17.9 Å². The summed E-state index contributed by atoms with van der Waals surface area (Å²) < 4.78 is 31.7. The molecule has 7 heteroatoms. The van der Waals surface area contributed by atoms with E-state index in [1.807, 2.05) is 30.3 Å². The van der Waals surface area contributed by atoms with E-state index >= 15 is 0 Å². The molecule has 0 saturated heterocycles. The van der Waals surface area contributed by atoms with Crippen LogP contribution >= 0.6 is 11.8 Å². The lowest BCUT2D eigenvalue weighted by atomic mass is 10.2. The number of carbonyl (C=O) groups excluding carboxylic acids is 1. The fraction of sp³-hybridized carbons (Fsp3) is 0.235. The number of benzene rings is 2. The van der Waals surface area contributed by atoms with Crippen molar-refractivity contribution in [3.05, 3.63) is 60.2 Å². The van der Waals surface area contributed by atoms with Crippen LogP contribution in [-0.2, 0) is 21.2 Å². The summed E-state index contributed by atoms with van der Waals surface area (Å²) in [6.07, 6.45) is 0.344. The second-order valence-electron chi connectivity index (χ2n) is 4.96. The minimum atomic E-state index is -3.57. The molecule has 2 aromatic carbocycles. The maximum absolute atomic E-state index is 12.1. The summed E-state index contributed by atoms with van der Waals surface area (Å²) in [6.45, 7) is 0.194. The van der Waals surface area contributed by atoms with Gasteiger partial charge in [-0.15, -0.1) is 0 Å². The van der Waals surface area contributed by atoms with Crippen molar-refractivity contribution >= 4 is 26.9 Å². The summed E-state index contributed by atoms with van der Waals surface area (Å²) in [5.41, 5.74) is 0.953. The molecule has 0 aliphatic heterocycles. The van der Waals surface area contributed by atoms with Gasteiger partial charge in [-0.05, 0) is 29.8 Å². The van der Waals surface area contributed by atoms with Gasteiger partial charge in [-0.2, -0.15) is 0 Å². The molecule has 2 aromatic rings. The number of nitrogens with one attached hydrogen (secondary N) is 1. The SMILES string of the molecule is COc1ccc(S(=O)(=O)NCCSC(=O)Cc2ccccc2)cc1. The van der Waals surface area contributed by atoms with Crippen LogP contribution in [0.2, 0.25) is 0 Å². The molecule has 0 aliphatic carbocycles. The number of ether oxygens (including phenoxy) is 1. The molecule has 0 aliphatic rings. The highest BCUT2D eigenvalue weighted by molar-refractivity contribution is 8.13. The third-order valence-electron chi connectivity index (χ3n) is 3.22. The van der Waals surface area contributed by atoms with Gasteiger partial charge in [0.2, 0.25) is 10.0 Å². The Morgan fingerprint density at radius 3 is 2.38 bits per heavy atom. The van der Waals surface area contributed by atoms with Crippen LogP contribution in [0.25, 0.3) is 0 Å². The van der Waals surface area contributed by atoms with Gasteiger partial charge in [0.25, 0.3) is 0 Å². The lowest BCUT2D eigenvalue weighted by molar-refractivity contribution is -0.110. The normalized spacial score (nSPS) is 11.2. The molecule has 2 rings (SSSR count). The molecule has 0 spiro atoms. The standard InChI is InChI=1S/C17H19NO4S2/c1-22-15-7-9-16(10-8-15)24(20,21)18-11-12-23-17(19)13-14-5-3-2-4-6-14/h2-10,18H,11-13H2,1H3. The van der Waals surface area contributed by atoms with Crippen LogP contribution in [0.1, 0.15) is 5.56 Å². The van der Waals surface area contributed by atoms with Crippen LogP contribution < -0.4 is 9.46 Å². The zero-order valence-electron chi connectivity index (χ0n) is 13.3. The largest absolute Gasteiger partial charge is 0.497 e. The second kappa shape index (κ2) is 8.86. The molecular formula is C17H19NO4S2. The third kappa shape index (κ3) is 5.67. The minimum Gasteiger partial charge on any atom is -0.497 e. The molecule has 5 nitrogen and oxygen atoms in total. The number of carbonyl (C=O) groups is 1. The van der Waals surface area contributed by atoms with Crippen molar-refractivity contribution in [1.82, 2.24) is 4.72 Å². The summed E-state index contributed by atoms with van der Waals surface area (Å²) in [7, 11) is -2.05. The van der Waals surface area contributed by atoms with Crippen LogP contribution in [-0.4, -0.2) is 32.9 Å². The van der Waals surface area contributed by atoms with Crippen molar-refractivity contribution in [3.8, 4) is 5.75 Å². The zero-order chi connectivity index (χ0) is 17.4. The first-order chi connectivity index (χ1) is 11.5. The number of hydrogen-bond acceptors (Lipinski definition) is 5. The fourth-order valence-corrected chi connectivity index (χ4v) is 3.85. The highest BCUT2D eigenvalue weighted by Crippen LogP contribution is 2.15. The average molecular weight is 365 g/mol. The van der Waals surface area contributed by atoms with Crippen LogP contribution in [0.5, 0.6) is 5.75 Å². The predicted molar refractivity (Wildman–Crippen MR) is 95.8 cm³/mol. The molecule has 0 saturated carbocycles. The number of thioether (sulfide) groups is 1. The van der Waals surface area contributed by atoms with E-state index in [0.29, 0.717) is 17.9 Å². The van der Waals surface area contributed by atoms with Gasteiger partial charge in [-0.25, -0.2) is 13.1 Å². The molecule has 0 bridgehead atoms. The van der Waals surface area contributed by atoms with Crippen molar-refractivity contribution in [3.63, 3.8) is 0 Å². The van der Waals surface area contributed by atoms with Crippen LogP contribution in [0.15, 0.2) is 59.5 Å². The van der Waals surface area contributed by atoms with E-state index in [-0.39, 0.29) is 16.6 Å². The Morgan fingerprint density at radius 1 is 1.08 bits per heavy atom. The van der Waals surface area contributed by atoms with Crippen molar-refractivity contribution in [2.24, 2.45) is 0 Å². The van der Waals surface area contributed by atoms with E-state index in [1.165, 1.54) is 19.2 Å². The predicted octanol–water partition coefficient (Wildman–Crippen LogP) is 2.48. The Labute approximate surface area is 146 Å². The average Bonchev–Trinajstić information content (AvgIpc) is 2.60. The lowest BCUT2D eigenvalue weighted by Crippen LogP contribution is -2.26. The number of methoxy groups -OCH3 is 1. The summed E-state index contributed by atoms with van der Waals surface area (Å²) in [5.74, 6) is 0.983. The van der Waals surface area contributed by atoms with Gasteiger partial charge in [-0.3, -0.25) is 4.79 Å². The molecule has 0 heterocycles. The zero-order valence-corrected chi connectivity index (χ0v) is 14.9. The molecule has 1 N–H and O–H groups in total. The first kappa shape index (κ1) is 18.5. The monoisotopic (exact) mass is 365 g/mol. The molecule has 0 aromatic heterocycles. The van der Waals surface area contributed by atoms with Gasteiger partial charge >= 0.3 is 0 Å². The number of sulfonamides is 1. The summed E-state index contributed by atoms with van der Waals surface area (Å²) >= 11 is 1.13. The Hall–Kier alpha value is -1.83. The van der Waals surface area contributed by atoms with Crippen LogP contribution in [0.4, 0.5) is 0 Å². The summed E-state index contributed by atoms with van der Waals surface area (Å²) in [5, 5.41) is 0.0184. The van der Waals surface area contributed by atoms with Crippen molar-refractivity contribution in [2.45, 2.75) is 11.3 Å². The molecule has 24 heavy (non-hydrogen) atoms. The maximum atomic E-state index is 12.1. The molecule has 0 fully saturated rings. The first-order valence-electron chi connectivity index (χ1n) is 7.34. The van der Waals surface area contributed by atoms with E-state index < -0.39 is 10.0 Å². The van der Waals surface area contributed by atoms with Gasteiger partial charge in [0.05, 0.1) is 12.0 Å². The van der Waals surface area contributed by atoms with Gasteiger partial charge in [0.1, 0.15) is 5.75 Å². The third-order valence-corrected chi connectivity index (χ3v) is 5.57. The minimum absolute atomic E-state index is 0.0184.